The maximum atomic E-state index is 13.2. The van der Waals surface area contributed by atoms with E-state index in [2.05, 4.69) is 21.2 Å². The molecule has 118 valence electrons. The number of hydrogen-bond donors (Lipinski definition) is 1. The van der Waals surface area contributed by atoms with Crippen molar-refractivity contribution < 1.29 is 12.8 Å². The number of hydrogen-bond acceptors (Lipinski definition) is 3. The van der Waals surface area contributed by atoms with Crippen molar-refractivity contribution in [2.75, 3.05) is 19.6 Å². The molecule has 1 aromatic rings. The van der Waals surface area contributed by atoms with Crippen molar-refractivity contribution in [2.45, 2.75) is 37.1 Å². The van der Waals surface area contributed by atoms with Crippen LogP contribution in [0, 0.1) is 5.82 Å². The Kier molecular flexibility index (Phi) is 5.76. The van der Waals surface area contributed by atoms with Gasteiger partial charge in [-0.05, 0) is 59.9 Å². The molecule has 1 atom stereocenters. The Bertz CT molecular complexity index is 589. The monoisotopic (exact) mass is 378 g/mol. The van der Waals surface area contributed by atoms with Crippen LogP contribution >= 0.6 is 15.9 Å². The Morgan fingerprint density at radius 1 is 1.48 bits per heavy atom. The molecular weight excluding hydrogens is 359 g/mol. The molecule has 0 aliphatic carbocycles. The summed E-state index contributed by atoms with van der Waals surface area (Å²) in [6, 6.07) is 3.66. The van der Waals surface area contributed by atoms with E-state index in [0.29, 0.717) is 13.1 Å². The lowest BCUT2D eigenvalue weighted by Crippen LogP contribution is -2.48. The Morgan fingerprint density at radius 3 is 2.81 bits per heavy atom. The van der Waals surface area contributed by atoms with Gasteiger partial charge in [-0.3, -0.25) is 0 Å². The lowest BCUT2D eigenvalue weighted by Gasteiger charge is -2.33. The van der Waals surface area contributed by atoms with E-state index in [9.17, 15) is 12.8 Å². The molecule has 0 saturated carbocycles. The highest BCUT2D eigenvalue weighted by molar-refractivity contribution is 9.10. The van der Waals surface area contributed by atoms with Gasteiger partial charge in [-0.1, -0.05) is 6.92 Å². The van der Waals surface area contributed by atoms with E-state index in [1.54, 1.807) is 4.31 Å². The first-order valence-corrected chi connectivity index (χ1v) is 9.37. The smallest absolute Gasteiger partial charge is 0.244 e. The van der Waals surface area contributed by atoms with Gasteiger partial charge in [-0.15, -0.1) is 0 Å². The molecule has 1 aliphatic heterocycles. The van der Waals surface area contributed by atoms with Crippen molar-refractivity contribution >= 4 is 26.0 Å². The van der Waals surface area contributed by atoms with Crippen LogP contribution in [0.5, 0.6) is 0 Å². The molecule has 1 fully saturated rings. The molecule has 21 heavy (non-hydrogen) atoms. The summed E-state index contributed by atoms with van der Waals surface area (Å²) in [6.45, 7) is 4.02. The van der Waals surface area contributed by atoms with Crippen LogP contribution in [0.1, 0.15) is 26.2 Å². The molecule has 1 N–H and O–H groups in total. The van der Waals surface area contributed by atoms with Crippen molar-refractivity contribution in [3.8, 4) is 0 Å². The van der Waals surface area contributed by atoms with Crippen LogP contribution < -0.4 is 5.32 Å². The minimum atomic E-state index is -3.63. The minimum absolute atomic E-state index is 0.0411. The van der Waals surface area contributed by atoms with Crippen molar-refractivity contribution in [1.82, 2.24) is 9.62 Å². The van der Waals surface area contributed by atoms with Crippen LogP contribution in [-0.4, -0.2) is 38.4 Å². The fourth-order valence-electron chi connectivity index (χ4n) is 2.61. The van der Waals surface area contributed by atoms with Crippen LogP contribution in [0.3, 0.4) is 0 Å². The molecule has 1 saturated heterocycles. The Morgan fingerprint density at radius 2 is 2.24 bits per heavy atom. The van der Waals surface area contributed by atoms with E-state index >= 15 is 0 Å². The van der Waals surface area contributed by atoms with Crippen LogP contribution in [0.25, 0.3) is 0 Å². The lowest BCUT2D eigenvalue weighted by atomic mass is 10.1. The highest BCUT2D eigenvalue weighted by Crippen LogP contribution is 2.28. The number of nitrogens with one attached hydrogen (secondary N) is 1. The fraction of sp³-hybridized carbons (Fsp3) is 0.571. The van der Waals surface area contributed by atoms with Gasteiger partial charge in [-0.25, -0.2) is 12.8 Å². The van der Waals surface area contributed by atoms with Gasteiger partial charge < -0.3 is 5.32 Å². The van der Waals surface area contributed by atoms with Crippen molar-refractivity contribution in [1.29, 1.82) is 0 Å². The molecule has 0 spiro atoms. The quantitative estimate of drug-likeness (QED) is 0.856. The average Bonchev–Trinajstić information content (AvgIpc) is 2.45. The molecule has 1 unspecified atom stereocenters. The number of halogens is 2. The fourth-order valence-corrected chi connectivity index (χ4v) is 5.37. The van der Waals surface area contributed by atoms with E-state index < -0.39 is 15.8 Å². The third kappa shape index (κ3) is 3.83. The second-order valence-corrected chi connectivity index (χ2v) is 7.90. The van der Waals surface area contributed by atoms with E-state index in [4.69, 9.17) is 0 Å². The summed E-state index contributed by atoms with van der Waals surface area (Å²) in [5.74, 6) is -0.456. The highest BCUT2D eigenvalue weighted by atomic mass is 79.9. The predicted octanol–water partition coefficient (Wildman–Crippen LogP) is 2.74. The summed E-state index contributed by atoms with van der Waals surface area (Å²) in [5, 5.41) is 3.24. The normalized spacial score (nSPS) is 19.9. The van der Waals surface area contributed by atoms with Crippen LogP contribution in [0.15, 0.2) is 27.6 Å². The molecule has 0 radical (unpaired) electrons. The summed E-state index contributed by atoms with van der Waals surface area (Å²) in [5.41, 5.74) is 0. The van der Waals surface area contributed by atoms with Gasteiger partial charge in [0, 0.05) is 23.6 Å². The van der Waals surface area contributed by atoms with E-state index in [1.165, 1.54) is 18.2 Å². The van der Waals surface area contributed by atoms with Gasteiger partial charge in [0.25, 0.3) is 0 Å². The summed E-state index contributed by atoms with van der Waals surface area (Å²) < 4.78 is 40.8. The van der Waals surface area contributed by atoms with E-state index in [1.807, 2.05) is 6.92 Å². The molecule has 2 rings (SSSR count). The Hall–Kier alpha value is -0.500. The summed E-state index contributed by atoms with van der Waals surface area (Å²) in [6.07, 6.45) is 2.56. The van der Waals surface area contributed by atoms with Gasteiger partial charge in [0.2, 0.25) is 10.0 Å². The van der Waals surface area contributed by atoms with Crippen molar-refractivity contribution in [2.24, 2.45) is 0 Å². The highest BCUT2D eigenvalue weighted by Gasteiger charge is 2.32. The first-order chi connectivity index (χ1) is 9.96. The number of piperidine rings is 1. The van der Waals surface area contributed by atoms with Gasteiger partial charge in [0.05, 0.1) is 4.90 Å². The molecule has 0 amide bonds. The first kappa shape index (κ1) is 16.9. The first-order valence-electron chi connectivity index (χ1n) is 7.14. The van der Waals surface area contributed by atoms with Crippen LogP contribution in [-0.2, 0) is 10.0 Å². The van der Waals surface area contributed by atoms with Gasteiger partial charge in [0.15, 0.2) is 0 Å². The lowest BCUT2D eigenvalue weighted by molar-refractivity contribution is 0.266. The molecular formula is C14H20BrFN2O2S. The zero-order valence-corrected chi connectivity index (χ0v) is 14.4. The molecule has 1 aliphatic rings. The Labute approximate surface area is 133 Å². The zero-order chi connectivity index (χ0) is 15.5. The van der Waals surface area contributed by atoms with Gasteiger partial charge in [-0.2, -0.15) is 4.31 Å². The number of sulfonamides is 1. The molecule has 0 bridgehead atoms. The molecule has 4 nitrogen and oxygen atoms in total. The third-order valence-electron chi connectivity index (χ3n) is 3.60. The number of nitrogens with zero attached hydrogens (tertiary/aromatic N) is 1. The third-order valence-corrected chi connectivity index (χ3v) is 6.53. The van der Waals surface area contributed by atoms with Crippen LogP contribution in [0.4, 0.5) is 4.39 Å². The molecule has 1 heterocycles. The summed E-state index contributed by atoms with van der Waals surface area (Å²) in [7, 11) is -3.63. The standard InChI is InChI=1S/C14H20BrFN2O2S/c1-2-8-18(12-4-3-7-17-10-12)21(19,20)14-6-5-11(16)9-13(14)15/h5-6,9,12,17H,2-4,7-8,10H2,1H3. The topological polar surface area (TPSA) is 49.4 Å². The Balaban J connectivity index is 2.36. The summed E-state index contributed by atoms with van der Waals surface area (Å²) >= 11 is 3.16. The second-order valence-electron chi connectivity index (χ2n) is 5.19. The SMILES string of the molecule is CCCN(C1CCCNC1)S(=O)(=O)c1ccc(F)cc1Br. The maximum absolute atomic E-state index is 13.2. The van der Waals surface area contributed by atoms with Gasteiger partial charge in [0.1, 0.15) is 5.82 Å². The number of rotatable bonds is 5. The van der Waals surface area contributed by atoms with E-state index in [0.717, 1.165) is 25.8 Å². The summed E-state index contributed by atoms with van der Waals surface area (Å²) in [4.78, 5) is 0.128. The van der Waals surface area contributed by atoms with E-state index in [-0.39, 0.29) is 15.4 Å². The minimum Gasteiger partial charge on any atom is -0.315 e. The predicted molar refractivity (Wildman–Crippen MR) is 84.2 cm³/mol. The van der Waals surface area contributed by atoms with Crippen LogP contribution in [0.2, 0.25) is 0 Å². The number of benzene rings is 1. The molecule has 1 aromatic carbocycles. The second kappa shape index (κ2) is 7.17. The average molecular weight is 379 g/mol. The maximum Gasteiger partial charge on any atom is 0.244 e. The van der Waals surface area contributed by atoms with Crippen molar-refractivity contribution in [3.05, 3.63) is 28.5 Å². The molecule has 0 aromatic heterocycles. The van der Waals surface area contributed by atoms with Gasteiger partial charge >= 0.3 is 0 Å². The largest absolute Gasteiger partial charge is 0.315 e. The zero-order valence-electron chi connectivity index (χ0n) is 12.0. The molecule has 7 heteroatoms. The van der Waals surface area contributed by atoms with Crippen molar-refractivity contribution in [3.63, 3.8) is 0 Å².